The van der Waals surface area contributed by atoms with Gasteiger partial charge in [0.2, 0.25) is 0 Å². The molecule has 18 heavy (non-hydrogen) atoms. The number of nitrogens with two attached hydrogens (primary N) is 1. The Morgan fingerprint density at radius 1 is 1.39 bits per heavy atom. The largest absolute Gasteiger partial charge is 0.384 e. The Labute approximate surface area is 106 Å². The highest BCUT2D eigenvalue weighted by Crippen LogP contribution is 2.39. The first-order valence-corrected chi connectivity index (χ1v) is 6.43. The Hall–Kier alpha value is -1.91. The molecule has 0 unspecified atom stereocenters. The summed E-state index contributed by atoms with van der Waals surface area (Å²) >= 11 is 0. The number of nitrogens with zero attached hydrogens (tertiary/aromatic N) is 4. The molecular formula is C13H17N5. The van der Waals surface area contributed by atoms with Gasteiger partial charge in [0.15, 0.2) is 5.82 Å². The van der Waals surface area contributed by atoms with Crippen LogP contribution in [-0.4, -0.2) is 19.7 Å². The molecule has 2 aromatic heterocycles. The molecule has 1 fully saturated rings. The summed E-state index contributed by atoms with van der Waals surface area (Å²) in [5.41, 5.74) is 7.86. The molecule has 0 bridgehead atoms. The highest BCUT2D eigenvalue weighted by atomic mass is 15.3. The lowest BCUT2D eigenvalue weighted by molar-refractivity contribution is 0.603. The Balaban J connectivity index is 1.94. The molecule has 0 saturated heterocycles. The van der Waals surface area contributed by atoms with Crippen LogP contribution in [0.15, 0.2) is 18.5 Å². The van der Waals surface area contributed by atoms with Crippen LogP contribution in [-0.2, 0) is 6.54 Å². The zero-order valence-electron chi connectivity index (χ0n) is 10.5. The summed E-state index contributed by atoms with van der Waals surface area (Å²) in [6, 6.07) is 1.89. The minimum absolute atomic E-state index is 0.546. The van der Waals surface area contributed by atoms with Crippen LogP contribution in [0.1, 0.15) is 37.8 Å². The third kappa shape index (κ3) is 2.20. The van der Waals surface area contributed by atoms with E-state index in [0.717, 1.165) is 24.2 Å². The van der Waals surface area contributed by atoms with Crippen molar-refractivity contribution >= 4 is 5.82 Å². The normalized spacial score (nSPS) is 14.9. The van der Waals surface area contributed by atoms with E-state index in [4.69, 9.17) is 5.73 Å². The summed E-state index contributed by atoms with van der Waals surface area (Å²) in [5, 5.41) is 4.30. The van der Waals surface area contributed by atoms with Gasteiger partial charge in [0.1, 0.15) is 5.82 Å². The smallest absolute Gasteiger partial charge is 0.164 e. The maximum absolute atomic E-state index is 5.85. The van der Waals surface area contributed by atoms with Crippen LogP contribution >= 0.6 is 0 Å². The molecule has 1 saturated carbocycles. The van der Waals surface area contributed by atoms with Gasteiger partial charge in [-0.15, -0.1) is 0 Å². The number of aromatic nitrogens is 4. The SMILES string of the molecule is CCCn1cc(-c2nc(N)cc(C3CC3)n2)cn1. The van der Waals surface area contributed by atoms with E-state index in [2.05, 4.69) is 22.0 Å². The first-order valence-electron chi connectivity index (χ1n) is 6.43. The van der Waals surface area contributed by atoms with Crippen molar-refractivity contribution < 1.29 is 0 Å². The molecule has 5 nitrogen and oxygen atoms in total. The topological polar surface area (TPSA) is 69.6 Å². The maximum Gasteiger partial charge on any atom is 0.164 e. The lowest BCUT2D eigenvalue weighted by Crippen LogP contribution is -1.99. The van der Waals surface area contributed by atoms with Crippen molar-refractivity contribution in [3.05, 3.63) is 24.2 Å². The average molecular weight is 243 g/mol. The Bertz CT molecular complexity index is 556. The fourth-order valence-corrected chi connectivity index (χ4v) is 2.03. The van der Waals surface area contributed by atoms with Crippen molar-refractivity contribution in [1.29, 1.82) is 0 Å². The van der Waals surface area contributed by atoms with Gasteiger partial charge in [0.25, 0.3) is 0 Å². The fraction of sp³-hybridized carbons (Fsp3) is 0.462. The van der Waals surface area contributed by atoms with Gasteiger partial charge in [-0.1, -0.05) is 6.92 Å². The summed E-state index contributed by atoms with van der Waals surface area (Å²) in [6.45, 7) is 3.04. The quantitative estimate of drug-likeness (QED) is 0.893. The molecule has 0 aliphatic heterocycles. The van der Waals surface area contributed by atoms with E-state index in [-0.39, 0.29) is 0 Å². The standard InChI is InChI=1S/C13H17N5/c1-2-5-18-8-10(7-15-18)13-16-11(9-3-4-9)6-12(14)17-13/h6-9H,2-5H2,1H3,(H2,14,16,17). The van der Waals surface area contributed by atoms with Gasteiger partial charge < -0.3 is 5.73 Å². The summed E-state index contributed by atoms with van der Waals surface area (Å²) in [6.07, 6.45) is 7.28. The zero-order valence-corrected chi connectivity index (χ0v) is 10.5. The number of anilines is 1. The molecule has 0 atom stereocenters. The van der Waals surface area contributed by atoms with E-state index in [1.807, 2.05) is 16.9 Å². The van der Waals surface area contributed by atoms with Crippen molar-refractivity contribution in [3.63, 3.8) is 0 Å². The summed E-state index contributed by atoms with van der Waals surface area (Å²) in [7, 11) is 0. The van der Waals surface area contributed by atoms with Crippen LogP contribution in [0.4, 0.5) is 5.82 Å². The molecule has 1 aliphatic rings. The molecular weight excluding hydrogens is 226 g/mol. The van der Waals surface area contributed by atoms with Crippen LogP contribution in [0, 0.1) is 0 Å². The molecule has 3 rings (SSSR count). The van der Waals surface area contributed by atoms with Gasteiger partial charge in [0, 0.05) is 30.4 Å². The van der Waals surface area contributed by atoms with Gasteiger partial charge in [-0.05, 0) is 19.3 Å². The minimum Gasteiger partial charge on any atom is -0.384 e. The Morgan fingerprint density at radius 3 is 2.94 bits per heavy atom. The predicted molar refractivity (Wildman–Crippen MR) is 69.9 cm³/mol. The molecule has 0 radical (unpaired) electrons. The molecule has 0 aromatic carbocycles. The van der Waals surface area contributed by atoms with Crippen LogP contribution in [0.2, 0.25) is 0 Å². The van der Waals surface area contributed by atoms with Gasteiger partial charge in [0.05, 0.1) is 11.8 Å². The number of hydrogen-bond donors (Lipinski definition) is 1. The van der Waals surface area contributed by atoms with Crippen LogP contribution in [0.3, 0.4) is 0 Å². The molecule has 2 heterocycles. The molecule has 0 amide bonds. The number of nitrogen functional groups attached to an aromatic ring is 1. The minimum atomic E-state index is 0.546. The Morgan fingerprint density at radius 2 is 2.22 bits per heavy atom. The van der Waals surface area contributed by atoms with Crippen molar-refractivity contribution in [2.45, 2.75) is 38.6 Å². The van der Waals surface area contributed by atoms with Crippen molar-refractivity contribution in [1.82, 2.24) is 19.7 Å². The fourth-order valence-electron chi connectivity index (χ4n) is 2.03. The molecule has 2 aromatic rings. The lowest BCUT2D eigenvalue weighted by atomic mass is 10.2. The van der Waals surface area contributed by atoms with Crippen LogP contribution < -0.4 is 5.73 Å². The highest BCUT2D eigenvalue weighted by molar-refractivity contribution is 5.55. The van der Waals surface area contributed by atoms with E-state index in [0.29, 0.717) is 17.6 Å². The molecule has 1 aliphatic carbocycles. The van der Waals surface area contributed by atoms with Gasteiger partial charge in [-0.25, -0.2) is 9.97 Å². The Kier molecular flexibility index (Phi) is 2.74. The molecule has 94 valence electrons. The van der Waals surface area contributed by atoms with Gasteiger partial charge in [-0.3, -0.25) is 4.68 Å². The summed E-state index contributed by atoms with van der Waals surface area (Å²) in [5.74, 6) is 1.82. The van der Waals surface area contributed by atoms with E-state index in [1.165, 1.54) is 12.8 Å². The summed E-state index contributed by atoms with van der Waals surface area (Å²) < 4.78 is 1.92. The maximum atomic E-state index is 5.85. The predicted octanol–water partition coefficient (Wildman–Crippen LogP) is 2.21. The van der Waals surface area contributed by atoms with E-state index >= 15 is 0 Å². The second kappa shape index (κ2) is 4.40. The third-order valence-corrected chi connectivity index (χ3v) is 3.11. The van der Waals surface area contributed by atoms with E-state index in [9.17, 15) is 0 Å². The second-order valence-electron chi connectivity index (χ2n) is 4.81. The number of aryl methyl sites for hydroxylation is 1. The van der Waals surface area contributed by atoms with E-state index < -0.39 is 0 Å². The first-order chi connectivity index (χ1) is 8.76. The number of rotatable bonds is 4. The molecule has 0 spiro atoms. The molecule has 5 heteroatoms. The van der Waals surface area contributed by atoms with Crippen LogP contribution in [0.5, 0.6) is 0 Å². The van der Waals surface area contributed by atoms with E-state index in [1.54, 1.807) is 6.20 Å². The second-order valence-corrected chi connectivity index (χ2v) is 4.81. The monoisotopic (exact) mass is 243 g/mol. The number of hydrogen-bond acceptors (Lipinski definition) is 4. The van der Waals surface area contributed by atoms with Gasteiger partial charge in [-0.2, -0.15) is 5.10 Å². The molecule has 2 N–H and O–H groups in total. The summed E-state index contributed by atoms with van der Waals surface area (Å²) in [4.78, 5) is 8.90. The first kappa shape index (κ1) is 11.2. The highest BCUT2D eigenvalue weighted by Gasteiger charge is 2.26. The van der Waals surface area contributed by atoms with Crippen molar-refractivity contribution in [3.8, 4) is 11.4 Å². The van der Waals surface area contributed by atoms with Gasteiger partial charge >= 0.3 is 0 Å². The average Bonchev–Trinajstić information content (AvgIpc) is 3.10. The van der Waals surface area contributed by atoms with Crippen molar-refractivity contribution in [2.75, 3.05) is 5.73 Å². The lowest BCUT2D eigenvalue weighted by Gasteiger charge is -2.02. The zero-order chi connectivity index (χ0) is 12.5. The van der Waals surface area contributed by atoms with Crippen molar-refractivity contribution in [2.24, 2.45) is 0 Å². The third-order valence-electron chi connectivity index (χ3n) is 3.11. The van der Waals surface area contributed by atoms with Crippen LogP contribution in [0.25, 0.3) is 11.4 Å².